The van der Waals surface area contributed by atoms with Gasteiger partial charge in [0.2, 0.25) is 15.4 Å². The zero-order valence-corrected chi connectivity index (χ0v) is 29.2. The Morgan fingerprint density at radius 3 is 2.23 bits per heavy atom. The van der Waals surface area contributed by atoms with Crippen molar-refractivity contribution in [3.05, 3.63) is 60.0 Å². The predicted molar refractivity (Wildman–Crippen MR) is 184 cm³/mol. The summed E-state index contributed by atoms with van der Waals surface area (Å²) >= 11 is 0. The molecule has 1 aliphatic heterocycles. The van der Waals surface area contributed by atoms with Crippen LogP contribution in [0, 0.1) is 0 Å². The van der Waals surface area contributed by atoms with E-state index in [0.717, 1.165) is 43.3 Å². The number of fused-ring (bicyclic) bond motifs is 2. The maximum absolute atomic E-state index is 13.2. The van der Waals surface area contributed by atoms with Crippen LogP contribution in [0.2, 0.25) is 0 Å². The van der Waals surface area contributed by atoms with E-state index in [1.807, 2.05) is 36.4 Å². The van der Waals surface area contributed by atoms with E-state index >= 15 is 0 Å². The molecule has 1 aliphatic carbocycles. The first-order valence-corrected chi connectivity index (χ1v) is 18.8. The molecule has 13 heteroatoms. The molecule has 47 heavy (non-hydrogen) atoms. The molecule has 1 heterocycles. The molecule has 11 nitrogen and oxygen atoms in total. The molecule has 0 bridgehead atoms. The molecule has 2 N–H and O–H groups in total. The van der Waals surface area contributed by atoms with Gasteiger partial charge in [-0.15, -0.1) is 0 Å². The van der Waals surface area contributed by atoms with Crippen molar-refractivity contribution in [3.8, 4) is 22.5 Å². The van der Waals surface area contributed by atoms with Gasteiger partial charge in [-0.05, 0) is 70.9 Å². The molecule has 0 spiro atoms. The molecule has 2 aromatic carbocycles. The molecule has 0 fully saturated rings. The number of ether oxygens (including phenoxy) is 1. The number of methoxy groups -OCH3 is 1. The summed E-state index contributed by atoms with van der Waals surface area (Å²) in [5.74, 6) is 0.185. The van der Waals surface area contributed by atoms with E-state index in [9.17, 15) is 26.2 Å². The highest BCUT2D eigenvalue weighted by Gasteiger charge is 2.27. The number of sulfonamides is 1. The molecule has 2 aliphatic rings. The molecular formula is C34H44N3O8S2+. The van der Waals surface area contributed by atoms with Gasteiger partial charge in [0, 0.05) is 66.0 Å². The number of unbranched alkanes of at least 4 members (excludes halogenated alkanes) is 2. The Morgan fingerprint density at radius 2 is 1.60 bits per heavy atom. The lowest BCUT2D eigenvalue weighted by molar-refractivity contribution is -0.140. The smallest absolute Gasteiger partial charge is 0.305 e. The molecule has 0 aromatic heterocycles. The van der Waals surface area contributed by atoms with E-state index in [1.54, 1.807) is 0 Å². The second-order valence-corrected chi connectivity index (χ2v) is 14.3. The Hall–Kier alpha value is -3.78. The van der Waals surface area contributed by atoms with Crippen molar-refractivity contribution in [2.24, 2.45) is 0 Å². The fourth-order valence-electron chi connectivity index (χ4n) is 5.78. The number of rotatable bonds is 15. The van der Waals surface area contributed by atoms with Crippen LogP contribution in [-0.2, 0) is 29.7 Å². The first-order chi connectivity index (χ1) is 22.4. The normalized spacial score (nSPS) is 12.0. The van der Waals surface area contributed by atoms with E-state index in [2.05, 4.69) is 46.6 Å². The largest absolute Gasteiger partial charge is 0.469 e. The Morgan fingerprint density at radius 1 is 0.894 bits per heavy atom. The molecule has 0 atom stereocenters. The molecule has 4 rings (SSSR count). The van der Waals surface area contributed by atoms with Crippen LogP contribution in [0.1, 0.15) is 53.4 Å². The number of nitrogens with one attached hydrogen (secondary N) is 1. The third kappa shape index (κ3) is 8.21. The number of hydrogen-bond donors (Lipinski definition) is 2. The van der Waals surface area contributed by atoms with E-state index in [-0.39, 0.29) is 29.4 Å². The zero-order chi connectivity index (χ0) is 34.4. The van der Waals surface area contributed by atoms with Crippen LogP contribution in [0.15, 0.2) is 68.8 Å². The van der Waals surface area contributed by atoms with Crippen molar-refractivity contribution in [2.75, 3.05) is 44.7 Å². The van der Waals surface area contributed by atoms with Crippen LogP contribution in [-0.4, -0.2) is 67.2 Å². The number of anilines is 1. The monoisotopic (exact) mass is 686 g/mol. The number of carbonyl (C=O) groups excluding carboxylic acids is 1. The minimum Gasteiger partial charge on any atom is -0.469 e. The molecule has 254 valence electrons. The van der Waals surface area contributed by atoms with Crippen LogP contribution in [0.4, 0.5) is 5.69 Å². The fourth-order valence-corrected chi connectivity index (χ4v) is 7.68. The van der Waals surface area contributed by atoms with Gasteiger partial charge in [0.05, 0.1) is 18.1 Å². The Labute approximate surface area is 277 Å². The van der Waals surface area contributed by atoms with Gasteiger partial charge in [-0.1, -0.05) is 12.5 Å². The van der Waals surface area contributed by atoms with Gasteiger partial charge in [0.25, 0.3) is 10.1 Å². The highest BCUT2D eigenvalue weighted by Crippen LogP contribution is 2.43. The van der Waals surface area contributed by atoms with E-state index in [0.29, 0.717) is 47.1 Å². The van der Waals surface area contributed by atoms with Gasteiger partial charge in [-0.2, -0.15) is 8.42 Å². The second-order valence-electron chi connectivity index (χ2n) is 11.1. The average molecular weight is 687 g/mol. The minimum atomic E-state index is -4.89. The number of carbonyl (C=O) groups is 1. The minimum absolute atomic E-state index is 0.0890. The predicted octanol–water partition coefficient (Wildman–Crippen LogP) is 5.12. The van der Waals surface area contributed by atoms with Gasteiger partial charge < -0.3 is 14.1 Å². The molecule has 0 saturated heterocycles. The summed E-state index contributed by atoms with van der Waals surface area (Å²) in [6, 6.07) is 15.2. The van der Waals surface area contributed by atoms with E-state index in [1.165, 1.54) is 19.2 Å². The number of nitrogens with zero attached hydrogens (tertiary/aromatic N) is 2. The summed E-state index contributed by atoms with van der Waals surface area (Å²) in [5, 5.41) is 1.54. The summed E-state index contributed by atoms with van der Waals surface area (Å²) in [4.78, 5) is 12.6. The van der Waals surface area contributed by atoms with Crippen molar-refractivity contribution < 1.29 is 35.3 Å². The van der Waals surface area contributed by atoms with Crippen LogP contribution in [0.3, 0.4) is 0 Å². The number of hydrogen-bond acceptors (Lipinski definition) is 8. The van der Waals surface area contributed by atoms with Gasteiger partial charge >= 0.3 is 5.97 Å². The fraction of sp³-hybridized carbons (Fsp3) is 0.412. The van der Waals surface area contributed by atoms with Crippen molar-refractivity contribution in [3.63, 3.8) is 0 Å². The number of esters is 1. The van der Waals surface area contributed by atoms with E-state index < -0.39 is 25.0 Å². The lowest BCUT2D eigenvalue weighted by Gasteiger charge is -2.22. The molecule has 2 aromatic rings. The Balaban J connectivity index is 1.88. The number of benzene rings is 3. The molecule has 0 saturated carbocycles. The summed E-state index contributed by atoms with van der Waals surface area (Å²) in [6.07, 6.45) is 1.86. The molecule has 0 radical (unpaired) electrons. The molecule has 0 amide bonds. The molecular weight excluding hydrogens is 643 g/mol. The lowest BCUT2D eigenvalue weighted by Crippen LogP contribution is -2.29. The summed E-state index contributed by atoms with van der Waals surface area (Å²) in [7, 11) is -7.70. The maximum Gasteiger partial charge on any atom is 0.305 e. The van der Waals surface area contributed by atoms with Crippen molar-refractivity contribution in [1.82, 2.24) is 9.30 Å². The van der Waals surface area contributed by atoms with Crippen LogP contribution < -0.4 is 19.6 Å². The zero-order valence-electron chi connectivity index (χ0n) is 27.6. The third-order valence-electron chi connectivity index (χ3n) is 8.33. The standard InChI is InChI=1S/C34H43N3O8S2/c1-6-36(7-2)24-14-17-27-30(21-24)45-31-22-25(37(8-3)9-4)15-18-28(31)34(27)29-19-16-26(23-32(29)47(41,42)43)46(39,40)35-20-12-10-11-13-33(38)44-5/h14-19,21-23,35H,6-13,20H2,1-5H3/p+1. The van der Waals surface area contributed by atoms with Crippen molar-refractivity contribution in [1.29, 1.82) is 0 Å². The maximum atomic E-state index is 13.2. The second kappa shape index (κ2) is 15.4. The Kier molecular flexibility index (Phi) is 11.8. The highest BCUT2D eigenvalue weighted by atomic mass is 32.2. The first-order valence-electron chi connectivity index (χ1n) is 15.9. The topological polar surface area (TPSA) is 146 Å². The lowest BCUT2D eigenvalue weighted by atomic mass is 9.93. The van der Waals surface area contributed by atoms with Crippen molar-refractivity contribution >= 4 is 42.8 Å². The average Bonchev–Trinajstić information content (AvgIpc) is 3.05. The van der Waals surface area contributed by atoms with Crippen molar-refractivity contribution in [2.45, 2.75) is 63.2 Å². The Bertz CT molecular complexity index is 1990. The third-order valence-corrected chi connectivity index (χ3v) is 10.7. The van der Waals surface area contributed by atoms with E-state index in [4.69, 9.17) is 4.42 Å². The molecule has 0 unspecified atom stereocenters. The van der Waals surface area contributed by atoms with Crippen LogP contribution >= 0.6 is 0 Å². The quantitative estimate of drug-likeness (QED) is 0.0572. The van der Waals surface area contributed by atoms with Gasteiger partial charge in [0.15, 0.2) is 0 Å². The summed E-state index contributed by atoms with van der Waals surface area (Å²) < 4.78 is 78.4. The first kappa shape index (κ1) is 36.1. The van der Waals surface area contributed by atoms with Gasteiger partial charge in [-0.3, -0.25) is 9.35 Å². The van der Waals surface area contributed by atoms with Gasteiger partial charge in [-0.25, -0.2) is 17.7 Å². The highest BCUT2D eigenvalue weighted by molar-refractivity contribution is 7.89. The summed E-state index contributed by atoms with van der Waals surface area (Å²) in [6.45, 7) is 11.4. The summed E-state index contributed by atoms with van der Waals surface area (Å²) in [5.41, 5.74) is 2.69. The van der Waals surface area contributed by atoms with Crippen LogP contribution in [0.5, 0.6) is 0 Å². The van der Waals surface area contributed by atoms with Crippen LogP contribution in [0.25, 0.3) is 33.4 Å². The SMILES string of the molecule is CCN(CC)c1ccc2c(-c3ccc(S(=O)(=O)NCCCCCC(=O)OC)cc3S(=O)(=O)O)c3ccc(=[N+](CC)CC)cc-3oc2c1. The van der Waals surface area contributed by atoms with Gasteiger partial charge in [0.1, 0.15) is 29.3 Å².